The Morgan fingerprint density at radius 3 is 2.57 bits per heavy atom. The second kappa shape index (κ2) is 7.72. The smallest absolute Gasteiger partial charge is 0.315 e. The monoisotopic (exact) mass is 428 g/mol. The van der Waals surface area contributed by atoms with Gasteiger partial charge < -0.3 is 5.32 Å². The number of hydrogen-bond acceptors (Lipinski definition) is 8. The fourth-order valence-electron chi connectivity index (χ4n) is 2.39. The van der Waals surface area contributed by atoms with Crippen LogP contribution in [0.3, 0.4) is 0 Å². The highest BCUT2D eigenvalue weighted by atomic mass is 32.1. The second-order valence-corrected chi connectivity index (χ2v) is 9.17. The summed E-state index contributed by atoms with van der Waals surface area (Å²) in [5, 5.41) is 7.73. The standard InChI is InChI=1S/C17H19F3N6S2/c1-16(2,3)11-5-9-14(22-8-23-15(9)28-11)26-24-7-12-25-13(17(18,19)20)10(27-12)6-21-4/h5,7-8,21H,6H2,1-4H3,(H,22,23,26). The van der Waals surface area contributed by atoms with Gasteiger partial charge in [0.15, 0.2) is 11.5 Å². The van der Waals surface area contributed by atoms with Crippen molar-refractivity contribution in [2.24, 2.45) is 5.10 Å². The zero-order chi connectivity index (χ0) is 20.5. The van der Waals surface area contributed by atoms with E-state index in [4.69, 9.17) is 0 Å². The van der Waals surface area contributed by atoms with Crippen LogP contribution >= 0.6 is 22.7 Å². The number of nitrogens with one attached hydrogen (secondary N) is 2. The van der Waals surface area contributed by atoms with Crippen LogP contribution in [0.25, 0.3) is 10.2 Å². The Hall–Kier alpha value is -2.11. The lowest BCUT2D eigenvalue weighted by atomic mass is 9.94. The molecule has 0 atom stereocenters. The van der Waals surface area contributed by atoms with Gasteiger partial charge in [0.2, 0.25) is 0 Å². The van der Waals surface area contributed by atoms with E-state index in [9.17, 15) is 13.2 Å². The van der Waals surface area contributed by atoms with E-state index in [0.717, 1.165) is 26.4 Å². The Morgan fingerprint density at radius 1 is 1.18 bits per heavy atom. The van der Waals surface area contributed by atoms with Crippen molar-refractivity contribution in [3.63, 3.8) is 0 Å². The lowest BCUT2D eigenvalue weighted by Crippen LogP contribution is -2.12. The molecule has 0 unspecified atom stereocenters. The van der Waals surface area contributed by atoms with Crippen LogP contribution in [0.4, 0.5) is 19.0 Å². The van der Waals surface area contributed by atoms with Gasteiger partial charge in [0.05, 0.1) is 16.5 Å². The molecule has 3 aromatic rings. The zero-order valence-corrected chi connectivity index (χ0v) is 17.3. The highest BCUT2D eigenvalue weighted by Crippen LogP contribution is 2.36. The van der Waals surface area contributed by atoms with E-state index in [-0.39, 0.29) is 21.8 Å². The lowest BCUT2D eigenvalue weighted by molar-refractivity contribution is -0.141. The first-order chi connectivity index (χ1) is 13.1. The Labute approximate surface area is 167 Å². The molecule has 3 rings (SSSR count). The molecule has 0 spiro atoms. The Balaban J connectivity index is 1.84. The Kier molecular flexibility index (Phi) is 5.69. The van der Waals surface area contributed by atoms with Crippen molar-refractivity contribution in [1.29, 1.82) is 0 Å². The average Bonchev–Trinajstić information content (AvgIpc) is 3.19. The van der Waals surface area contributed by atoms with E-state index < -0.39 is 11.9 Å². The first-order valence-electron chi connectivity index (χ1n) is 8.35. The summed E-state index contributed by atoms with van der Waals surface area (Å²) >= 11 is 2.52. The van der Waals surface area contributed by atoms with E-state index in [2.05, 4.69) is 51.6 Å². The molecule has 0 bridgehead atoms. The van der Waals surface area contributed by atoms with Gasteiger partial charge in [-0.05, 0) is 18.5 Å². The third-order valence-electron chi connectivity index (χ3n) is 3.73. The van der Waals surface area contributed by atoms with E-state index in [1.165, 1.54) is 12.5 Å². The van der Waals surface area contributed by atoms with Crippen molar-refractivity contribution in [2.45, 2.75) is 38.9 Å². The van der Waals surface area contributed by atoms with Gasteiger partial charge in [0, 0.05) is 11.4 Å². The maximum Gasteiger partial charge on any atom is 0.434 e. The van der Waals surface area contributed by atoms with Crippen molar-refractivity contribution in [3.8, 4) is 0 Å². The highest BCUT2D eigenvalue weighted by Gasteiger charge is 2.37. The van der Waals surface area contributed by atoms with Gasteiger partial charge >= 0.3 is 6.18 Å². The molecule has 0 saturated carbocycles. The van der Waals surface area contributed by atoms with Crippen LogP contribution in [0.5, 0.6) is 0 Å². The van der Waals surface area contributed by atoms with Crippen LogP contribution in [-0.4, -0.2) is 28.2 Å². The van der Waals surface area contributed by atoms with Crippen LogP contribution in [0.1, 0.15) is 41.2 Å². The molecule has 11 heteroatoms. The maximum atomic E-state index is 13.1. The van der Waals surface area contributed by atoms with Gasteiger partial charge in [-0.2, -0.15) is 18.3 Å². The summed E-state index contributed by atoms with van der Waals surface area (Å²) in [6, 6.07) is 2.01. The maximum absolute atomic E-state index is 13.1. The van der Waals surface area contributed by atoms with Crippen LogP contribution in [-0.2, 0) is 18.1 Å². The van der Waals surface area contributed by atoms with E-state index in [1.54, 1.807) is 18.4 Å². The number of thiophene rings is 1. The largest absolute Gasteiger partial charge is 0.434 e. The van der Waals surface area contributed by atoms with Crippen molar-refractivity contribution in [1.82, 2.24) is 20.3 Å². The van der Waals surface area contributed by atoms with Gasteiger partial charge in [-0.25, -0.2) is 15.0 Å². The first-order valence-corrected chi connectivity index (χ1v) is 9.98. The van der Waals surface area contributed by atoms with E-state index in [0.29, 0.717) is 5.82 Å². The van der Waals surface area contributed by atoms with Crippen LogP contribution in [0.15, 0.2) is 17.5 Å². The molecule has 0 radical (unpaired) electrons. The fraction of sp³-hybridized carbons (Fsp3) is 0.412. The lowest BCUT2D eigenvalue weighted by Gasteiger charge is -2.14. The number of anilines is 1. The normalized spacial score (nSPS) is 13.0. The molecule has 28 heavy (non-hydrogen) atoms. The summed E-state index contributed by atoms with van der Waals surface area (Å²) < 4.78 is 39.3. The number of aromatic nitrogens is 3. The molecule has 0 aromatic carbocycles. The van der Waals surface area contributed by atoms with E-state index in [1.807, 2.05) is 6.07 Å². The number of thiazole rings is 1. The topological polar surface area (TPSA) is 75.1 Å². The zero-order valence-electron chi connectivity index (χ0n) is 15.7. The number of nitrogens with zero attached hydrogens (tertiary/aromatic N) is 4. The molecule has 3 heterocycles. The Bertz CT molecular complexity index is 1000. The van der Waals surface area contributed by atoms with Crippen molar-refractivity contribution in [2.75, 3.05) is 12.5 Å². The number of fused-ring (bicyclic) bond motifs is 1. The fourth-order valence-corrected chi connectivity index (χ4v) is 4.42. The van der Waals surface area contributed by atoms with Gasteiger partial charge in [-0.15, -0.1) is 22.7 Å². The third kappa shape index (κ3) is 4.47. The van der Waals surface area contributed by atoms with Gasteiger partial charge in [0.25, 0.3) is 0 Å². The minimum atomic E-state index is -4.50. The van der Waals surface area contributed by atoms with Gasteiger partial charge in [0.1, 0.15) is 16.2 Å². The van der Waals surface area contributed by atoms with Crippen molar-refractivity contribution in [3.05, 3.63) is 32.8 Å². The third-order valence-corrected chi connectivity index (χ3v) is 6.19. The first kappa shape index (κ1) is 20.6. The Morgan fingerprint density at radius 2 is 1.93 bits per heavy atom. The minimum absolute atomic E-state index is 0.0233. The molecule has 3 aromatic heterocycles. The summed E-state index contributed by atoms with van der Waals surface area (Å²) in [6.07, 6.45) is -1.80. The summed E-state index contributed by atoms with van der Waals surface area (Å²) in [5.74, 6) is 0.496. The molecule has 0 aliphatic heterocycles. The predicted molar refractivity (Wildman–Crippen MR) is 107 cm³/mol. The molecule has 0 saturated heterocycles. The van der Waals surface area contributed by atoms with Crippen molar-refractivity contribution >= 4 is 44.9 Å². The van der Waals surface area contributed by atoms with E-state index >= 15 is 0 Å². The summed E-state index contributed by atoms with van der Waals surface area (Å²) in [6.45, 7) is 6.42. The average molecular weight is 429 g/mol. The summed E-state index contributed by atoms with van der Waals surface area (Å²) in [5.41, 5.74) is 1.89. The van der Waals surface area contributed by atoms with Gasteiger partial charge in [-0.3, -0.25) is 5.43 Å². The number of halogens is 3. The SMILES string of the molecule is CNCc1sc(C=NNc2ncnc3sc(C(C)(C)C)cc23)nc1C(F)(F)F. The summed E-state index contributed by atoms with van der Waals surface area (Å²) in [4.78, 5) is 14.2. The number of rotatable bonds is 5. The molecule has 2 N–H and O–H groups in total. The molecule has 0 aliphatic rings. The minimum Gasteiger partial charge on any atom is -0.315 e. The number of alkyl halides is 3. The van der Waals surface area contributed by atoms with Crippen LogP contribution in [0, 0.1) is 0 Å². The van der Waals surface area contributed by atoms with Crippen LogP contribution in [0.2, 0.25) is 0 Å². The molecule has 0 amide bonds. The predicted octanol–water partition coefficient (Wildman–Crippen LogP) is 4.63. The highest BCUT2D eigenvalue weighted by molar-refractivity contribution is 7.18. The van der Waals surface area contributed by atoms with Crippen LogP contribution < -0.4 is 10.7 Å². The number of hydrazone groups is 1. The molecule has 0 fully saturated rings. The molecular formula is C17H19F3N6S2. The molecule has 150 valence electrons. The molecule has 6 nitrogen and oxygen atoms in total. The quantitative estimate of drug-likeness (QED) is 0.458. The summed E-state index contributed by atoms with van der Waals surface area (Å²) in [7, 11) is 1.59. The van der Waals surface area contributed by atoms with Crippen molar-refractivity contribution < 1.29 is 13.2 Å². The molecular weight excluding hydrogens is 409 g/mol. The molecule has 0 aliphatic carbocycles. The second-order valence-electron chi connectivity index (χ2n) is 7.02. The number of hydrogen-bond donors (Lipinski definition) is 2. The van der Waals surface area contributed by atoms with Gasteiger partial charge in [-0.1, -0.05) is 20.8 Å².